The second-order valence-electron chi connectivity index (χ2n) is 10.9. The van der Waals surface area contributed by atoms with E-state index in [0.29, 0.717) is 41.6 Å². The molecule has 2 N–H and O–H groups in total. The van der Waals surface area contributed by atoms with Crippen LogP contribution in [0.4, 0.5) is 10.5 Å². The van der Waals surface area contributed by atoms with E-state index >= 15 is 0 Å². The van der Waals surface area contributed by atoms with Crippen LogP contribution in [0.1, 0.15) is 50.0 Å². The predicted octanol–water partition coefficient (Wildman–Crippen LogP) is 4.49. The lowest BCUT2D eigenvalue weighted by Crippen LogP contribution is -2.48. The molecule has 0 unspecified atom stereocenters. The minimum absolute atomic E-state index is 0.0485. The zero-order valence-electron chi connectivity index (χ0n) is 24.5. The number of furan rings is 1. The first-order valence-electron chi connectivity index (χ1n) is 13.4. The molecular formula is C29H35N7O6. The molecule has 0 saturated heterocycles. The molecule has 4 aromatic rings. The number of carbonyl (C=O) groups excluding carboxylic acids is 3. The van der Waals surface area contributed by atoms with Gasteiger partial charge in [-0.1, -0.05) is 19.9 Å². The SMILES string of the molecule is COCCn1cc(NC(=O)c2ccc(-c3cnn(C(=O)[C@@H](NC(=O)OC(C)(C)C)C(C)C)c3)o2)c(-c2ccccn2)n1. The number of hydrogen-bond acceptors (Lipinski definition) is 9. The summed E-state index contributed by atoms with van der Waals surface area (Å²) in [5, 5.41) is 14.2. The number of pyridine rings is 1. The van der Waals surface area contributed by atoms with Gasteiger partial charge in [0.2, 0.25) is 0 Å². The summed E-state index contributed by atoms with van der Waals surface area (Å²) in [5.74, 6) is -0.784. The highest BCUT2D eigenvalue weighted by Crippen LogP contribution is 2.27. The number of nitrogens with zero attached hydrogens (tertiary/aromatic N) is 5. The van der Waals surface area contributed by atoms with Crippen LogP contribution in [0.2, 0.25) is 0 Å². The van der Waals surface area contributed by atoms with E-state index in [4.69, 9.17) is 13.9 Å². The topological polar surface area (TPSA) is 155 Å². The minimum atomic E-state index is -0.872. The molecule has 0 aliphatic carbocycles. The van der Waals surface area contributed by atoms with Crippen molar-refractivity contribution in [3.63, 3.8) is 0 Å². The number of nitrogens with one attached hydrogen (secondary N) is 2. The molecule has 13 heteroatoms. The van der Waals surface area contributed by atoms with Crippen molar-refractivity contribution in [3.05, 3.63) is 60.9 Å². The molecule has 0 aliphatic rings. The fourth-order valence-electron chi connectivity index (χ4n) is 3.96. The highest BCUT2D eigenvalue weighted by atomic mass is 16.6. The van der Waals surface area contributed by atoms with Gasteiger partial charge in [0, 0.05) is 25.7 Å². The van der Waals surface area contributed by atoms with E-state index in [2.05, 4.69) is 25.8 Å². The maximum absolute atomic E-state index is 13.2. The van der Waals surface area contributed by atoms with Crippen LogP contribution >= 0.6 is 0 Å². The van der Waals surface area contributed by atoms with Crippen LogP contribution < -0.4 is 10.6 Å². The molecule has 0 saturated carbocycles. The van der Waals surface area contributed by atoms with Gasteiger partial charge in [-0.05, 0) is 51.0 Å². The smallest absolute Gasteiger partial charge is 0.408 e. The number of aromatic nitrogens is 5. The summed E-state index contributed by atoms with van der Waals surface area (Å²) in [5.41, 5.74) is 1.34. The van der Waals surface area contributed by atoms with Crippen LogP contribution in [0.5, 0.6) is 0 Å². The molecule has 4 rings (SSSR count). The molecular weight excluding hydrogens is 542 g/mol. The van der Waals surface area contributed by atoms with E-state index in [1.165, 1.54) is 18.5 Å². The van der Waals surface area contributed by atoms with Gasteiger partial charge in [0.05, 0.1) is 36.3 Å². The molecule has 0 aliphatic heterocycles. The average molecular weight is 578 g/mol. The first kappa shape index (κ1) is 30.2. The Bertz CT molecular complexity index is 1530. The van der Waals surface area contributed by atoms with Gasteiger partial charge in [0.25, 0.3) is 11.8 Å². The fraction of sp³-hybridized carbons (Fsp3) is 0.379. The molecule has 0 fully saturated rings. The standard InChI is InChI=1S/C29H35N7O6/c1-18(2)24(33-28(39)42-29(3,4)5)27(38)36-16-19(15-31-36)22-10-11-23(41-22)26(37)32-21-17-35(13-14-40-6)34-25(21)20-9-7-8-12-30-20/h7-12,15-18,24H,13-14H2,1-6H3,(H,32,37)(H,33,39)/t24-/m0/s1. The summed E-state index contributed by atoms with van der Waals surface area (Å²) in [7, 11) is 1.60. The molecule has 2 amide bonds. The molecule has 0 aromatic carbocycles. The number of amides is 2. The maximum atomic E-state index is 13.2. The molecule has 13 nitrogen and oxygen atoms in total. The molecule has 0 bridgehead atoms. The van der Waals surface area contributed by atoms with Crippen molar-refractivity contribution in [2.45, 2.75) is 52.8 Å². The Morgan fingerprint density at radius 3 is 2.55 bits per heavy atom. The van der Waals surface area contributed by atoms with Crippen LogP contribution in [-0.4, -0.2) is 67.8 Å². The number of ether oxygens (including phenoxy) is 2. The first-order valence-corrected chi connectivity index (χ1v) is 13.4. The molecule has 0 spiro atoms. The molecule has 222 valence electrons. The summed E-state index contributed by atoms with van der Waals surface area (Å²) in [6, 6.07) is 7.70. The Labute approximate surface area is 243 Å². The van der Waals surface area contributed by atoms with E-state index in [1.807, 2.05) is 19.9 Å². The van der Waals surface area contributed by atoms with E-state index in [-0.39, 0.29) is 11.7 Å². The van der Waals surface area contributed by atoms with Gasteiger partial charge in [-0.3, -0.25) is 19.3 Å². The lowest BCUT2D eigenvalue weighted by molar-refractivity contribution is 0.0461. The molecule has 4 aromatic heterocycles. The van der Waals surface area contributed by atoms with Crippen LogP contribution in [0.15, 0.2) is 59.5 Å². The van der Waals surface area contributed by atoms with Crippen LogP contribution in [0, 0.1) is 5.92 Å². The highest BCUT2D eigenvalue weighted by Gasteiger charge is 2.29. The zero-order valence-corrected chi connectivity index (χ0v) is 24.5. The van der Waals surface area contributed by atoms with E-state index in [9.17, 15) is 14.4 Å². The van der Waals surface area contributed by atoms with E-state index < -0.39 is 29.6 Å². The average Bonchev–Trinajstić information content (AvgIpc) is 3.69. The maximum Gasteiger partial charge on any atom is 0.408 e. The lowest BCUT2D eigenvalue weighted by Gasteiger charge is -2.24. The molecule has 4 heterocycles. The van der Waals surface area contributed by atoms with Crippen LogP contribution in [0.25, 0.3) is 22.7 Å². The van der Waals surface area contributed by atoms with Crippen LogP contribution in [-0.2, 0) is 16.0 Å². The van der Waals surface area contributed by atoms with Crippen molar-refractivity contribution in [2.24, 2.45) is 5.92 Å². The van der Waals surface area contributed by atoms with Gasteiger partial charge in [0.15, 0.2) is 5.76 Å². The number of alkyl carbamates (subject to hydrolysis) is 1. The molecule has 0 radical (unpaired) electrons. The largest absolute Gasteiger partial charge is 0.451 e. The highest BCUT2D eigenvalue weighted by molar-refractivity contribution is 6.04. The Morgan fingerprint density at radius 2 is 1.88 bits per heavy atom. The van der Waals surface area contributed by atoms with Crippen molar-refractivity contribution in [1.82, 2.24) is 29.9 Å². The third kappa shape index (κ3) is 7.49. The summed E-state index contributed by atoms with van der Waals surface area (Å²) in [6.07, 6.45) is 5.59. The van der Waals surface area contributed by atoms with Gasteiger partial charge >= 0.3 is 6.09 Å². The van der Waals surface area contributed by atoms with E-state index in [1.54, 1.807) is 63.2 Å². The summed E-state index contributed by atoms with van der Waals surface area (Å²) >= 11 is 0. The summed E-state index contributed by atoms with van der Waals surface area (Å²) in [4.78, 5) is 43.0. The monoisotopic (exact) mass is 577 g/mol. The number of rotatable bonds is 10. The summed E-state index contributed by atoms with van der Waals surface area (Å²) < 4.78 is 19.1. The zero-order chi connectivity index (χ0) is 30.4. The number of hydrogen-bond donors (Lipinski definition) is 2. The second kappa shape index (κ2) is 12.8. The van der Waals surface area contributed by atoms with Gasteiger partial charge in [-0.2, -0.15) is 10.2 Å². The van der Waals surface area contributed by atoms with Gasteiger partial charge in [-0.15, -0.1) is 0 Å². The Kier molecular flexibility index (Phi) is 9.21. The second-order valence-corrected chi connectivity index (χ2v) is 10.9. The number of anilines is 1. The van der Waals surface area contributed by atoms with Crippen LogP contribution in [0.3, 0.4) is 0 Å². The Hall–Kier alpha value is -4.78. The van der Waals surface area contributed by atoms with Crippen molar-refractivity contribution in [1.29, 1.82) is 0 Å². The molecule has 1 atom stereocenters. The lowest BCUT2D eigenvalue weighted by atomic mass is 10.0. The minimum Gasteiger partial charge on any atom is -0.451 e. The number of methoxy groups -OCH3 is 1. The Morgan fingerprint density at radius 1 is 1.10 bits per heavy atom. The molecule has 42 heavy (non-hydrogen) atoms. The quantitative estimate of drug-likeness (QED) is 0.277. The fourth-order valence-corrected chi connectivity index (χ4v) is 3.96. The van der Waals surface area contributed by atoms with E-state index in [0.717, 1.165) is 4.68 Å². The summed E-state index contributed by atoms with van der Waals surface area (Å²) in [6.45, 7) is 9.78. The number of carbonyl (C=O) groups is 3. The van der Waals surface area contributed by atoms with Gasteiger partial charge in [-0.25, -0.2) is 9.48 Å². The van der Waals surface area contributed by atoms with Crippen molar-refractivity contribution in [3.8, 4) is 22.7 Å². The van der Waals surface area contributed by atoms with Crippen molar-refractivity contribution >= 4 is 23.6 Å². The van der Waals surface area contributed by atoms with Gasteiger partial charge in [0.1, 0.15) is 23.1 Å². The Balaban J connectivity index is 1.49. The van der Waals surface area contributed by atoms with Gasteiger partial charge < -0.3 is 24.5 Å². The third-order valence-electron chi connectivity index (χ3n) is 5.97. The van der Waals surface area contributed by atoms with Crippen molar-refractivity contribution < 1.29 is 28.3 Å². The normalized spacial score (nSPS) is 12.3. The third-order valence-corrected chi connectivity index (χ3v) is 5.97. The van der Waals surface area contributed by atoms with Crippen molar-refractivity contribution in [2.75, 3.05) is 19.0 Å². The predicted molar refractivity (Wildman–Crippen MR) is 154 cm³/mol. The first-order chi connectivity index (χ1) is 19.9.